The molecule has 1 heterocycles. The summed E-state index contributed by atoms with van der Waals surface area (Å²) in [5.41, 5.74) is -0.297. The zero-order chi connectivity index (χ0) is 23.0. The summed E-state index contributed by atoms with van der Waals surface area (Å²) in [5, 5.41) is -0.524. The Morgan fingerprint density at radius 3 is 2.39 bits per heavy atom. The second kappa shape index (κ2) is 9.09. The van der Waals surface area contributed by atoms with Gasteiger partial charge in [0, 0.05) is 23.9 Å². The normalized spacial score (nSPS) is 19.3. The number of hydrogen-bond acceptors (Lipinski definition) is 4. The quantitative estimate of drug-likeness (QED) is 0.540. The Labute approximate surface area is 184 Å². The molecular formula is C21H24F4N2O2S2. The van der Waals surface area contributed by atoms with E-state index in [9.17, 15) is 26.0 Å². The van der Waals surface area contributed by atoms with Gasteiger partial charge in [0.15, 0.2) is 0 Å². The summed E-state index contributed by atoms with van der Waals surface area (Å²) in [4.78, 5) is 2.90. The molecule has 10 heteroatoms. The minimum absolute atomic E-state index is 0.0888. The Kier molecular flexibility index (Phi) is 7.05. The first kappa shape index (κ1) is 24.0. The summed E-state index contributed by atoms with van der Waals surface area (Å²) in [6.45, 7) is 1.80. The highest BCUT2D eigenvalue weighted by atomic mass is 32.2. The van der Waals surface area contributed by atoms with Crippen LogP contribution in [-0.2, 0) is 22.7 Å². The SMILES string of the molecule is CCS(=O)(=O)N(Cc1ccc(F)c(C(F)(F)F)c1)C1Sc2ccccc2C1CN(C)C. The molecule has 0 aromatic heterocycles. The summed E-state index contributed by atoms with van der Waals surface area (Å²) in [6.07, 6.45) is -4.86. The molecule has 2 aromatic carbocycles. The molecule has 2 unspecified atom stereocenters. The summed E-state index contributed by atoms with van der Waals surface area (Å²) >= 11 is 1.39. The van der Waals surface area contributed by atoms with E-state index in [0.29, 0.717) is 12.6 Å². The maximum atomic E-state index is 13.7. The van der Waals surface area contributed by atoms with Crippen LogP contribution in [0.5, 0.6) is 0 Å². The molecule has 0 saturated heterocycles. The molecule has 0 bridgehead atoms. The molecule has 2 aromatic rings. The third-order valence-electron chi connectivity index (χ3n) is 5.15. The van der Waals surface area contributed by atoms with Crippen molar-refractivity contribution in [1.29, 1.82) is 0 Å². The molecule has 1 aliphatic rings. The first-order valence-electron chi connectivity index (χ1n) is 9.69. The Bertz CT molecular complexity index is 1040. The third-order valence-corrected chi connectivity index (χ3v) is 8.54. The minimum atomic E-state index is -4.86. The van der Waals surface area contributed by atoms with E-state index in [4.69, 9.17) is 0 Å². The van der Waals surface area contributed by atoms with Crippen molar-refractivity contribution >= 4 is 21.8 Å². The lowest BCUT2D eigenvalue weighted by atomic mass is 9.98. The number of nitrogens with zero attached hydrogens (tertiary/aromatic N) is 2. The highest BCUT2D eigenvalue weighted by molar-refractivity contribution is 8.01. The zero-order valence-electron chi connectivity index (χ0n) is 17.4. The van der Waals surface area contributed by atoms with Crippen LogP contribution >= 0.6 is 11.8 Å². The van der Waals surface area contributed by atoms with Gasteiger partial charge in [-0.25, -0.2) is 12.8 Å². The van der Waals surface area contributed by atoms with Crippen LogP contribution in [0, 0.1) is 5.82 Å². The molecule has 0 aliphatic carbocycles. The Balaban J connectivity index is 2.03. The van der Waals surface area contributed by atoms with E-state index in [2.05, 4.69) is 0 Å². The van der Waals surface area contributed by atoms with Gasteiger partial charge in [0.1, 0.15) is 5.82 Å². The van der Waals surface area contributed by atoms with Gasteiger partial charge in [0.25, 0.3) is 0 Å². The van der Waals surface area contributed by atoms with Crippen molar-refractivity contribution in [3.05, 3.63) is 65.0 Å². The van der Waals surface area contributed by atoms with Crippen molar-refractivity contribution in [3.63, 3.8) is 0 Å². The van der Waals surface area contributed by atoms with Crippen molar-refractivity contribution in [3.8, 4) is 0 Å². The van der Waals surface area contributed by atoms with Crippen molar-refractivity contribution in [2.75, 3.05) is 26.4 Å². The van der Waals surface area contributed by atoms with Gasteiger partial charge in [-0.2, -0.15) is 17.5 Å². The molecular weight excluding hydrogens is 452 g/mol. The van der Waals surface area contributed by atoms with Crippen LogP contribution in [0.2, 0.25) is 0 Å². The van der Waals surface area contributed by atoms with Gasteiger partial charge >= 0.3 is 6.18 Å². The predicted octanol–water partition coefficient (Wildman–Crippen LogP) is 4.77. The number of alkyl halides is 3. The molecule has 31 heavy (non-hydrogen) atoms. The monoisotopic (exact) mass is 476 g/mol. The van der Waals surface area contributed by atoms with Gasteiger partial charge in [-0.3, -0.25) is 0 Å². The first-order valence-corrected chi connectivity index (χ1v) is 12.2. The Morgan fingerprint density at radius 2 is 1.77 bits per heavy atom. The first-order chi connectivity index (χ1) is 14.4. The summed E-state index contributed by atoms with van der Waals surface area (Å²) in [6, 6.07) is 10.3. The predicted molar refractivity (Wildman–Crippen MR) is 114 cm³/mol. The van der Waals surface area contributed by atoms with E-state index in [1.165, 1.54) is 29.1 Å². The molecule has 1 aliphatic heterocycles. The van der Waals surface area contributed by atoms with Gasteiger partial charge in [0.2, 0.25) is 10.0 Å². The molecule has 0 N–H and O–H groups in total. The highest BCUT2D eigenvalue weighted by Crippen LogP contribution is 2.48. The van der Waals surface area contributed by atoms with Crippen molar-refractivity contribution in [1.82, 2.24) is 9.21 Å². The van der Waals surface area contributed by atoms with Crippen molar-refractivity contribution in [2.24, 2.45) is 0 Å². The third kappa shape index (κ3) is 5.24. The fraction of sp³-hybridized carbons (Fsp3) is 0.429. The van der Waals surface area contributed by atoms with E-state index < -0.39 is 33.0 Å². The van der Waals surface area contributed by atoms with Crippen LogP contribution in [0.25, 0.3) is 0 Å². The maximum Gasteiger partial charge on any atom is 0.419 e. The lowest BCUT2D eigenvalue weighted by Gasteiger charge is -2.33. The van der Waals surface area contributed by atoms with Gasteiger partial charge in [-0.15, -0.1) is 11.8 Å². The second-order valence-electron chi connectivity index (χ2n) is 7.67. The molecule has 0 fully saturated rings. The highest BCUT2D eigenvalue weighted by Gasteiger charge is 2.42. The number of rotatable bonds is 7. The zero-order valence-corrected chi connectivity index (χ0v) is 19.0. The fourth-order valence-corrected chi connectivity index (χ4v) is 6.71. The lowest BCUT2D eigenvalue weighted by molar-refractivity contribution is -0.140. The average Bonchev–Trinajstić information content (AvgIpc) is 3.03. The van der Waals surface area contributed by atoms with E-state index in [1.54, 1.807) is 0 Å². The van der Waals surface area contributed by atoms with Crippen LogP contribution in [0.15, 0.2) is 47.4 Å². The molecule has 170 valence electrons. The van der Waals surface area contributed by atoms with Gasteiger partial charge < -0.3 is 4.90 Å². The second-order valence-corrected chi connectivity index (χ2v) is 11.0. The van der Waals surface area contributed by atoms with Crippen LogP contribution in [0.1, 0.15) is 29.5 Å². The van der Waals surface area contributed by atoms with E-state index in [-0.39, 0.29) is 23.8 Å². The number of likely N-dealkylation sites (N-methyl/N-ethyl adjacent to an activating group) is 1. The maximum absolute atomic E-state index is 13.7. The molecule has 0 saturated carbocycles. The summed E-state index contributed by atoms with van der Waals surface area (Å²) < 4.78 is 80.6. The van der Waals surface area contributed by atoms with Gasteiger partial charge in [-0.1, -0.05) is 24.3 Å². The molecule has 0 amide bonds. The van der Waals surface area contributed by atoms with Crippen LogP contribution in [-0.4, -0.2) is 49.4 Å². The largest absolute Gasteiger partial charge is 0.419 e. The van der Waals surface area contributed by atoms with Crippen molar-refractivity contribution < 1.29 is 26.0 Å². The fourth-order valence-electron chi connectivity index (χ4n) is 3.68. The molecule has 4 nitrogen and oxygen atoms in total. The Morgan fingerprint density at radius 1 is 1.10 bits per heavy atom. The average molecular weight is 477 g/mol. The smallest absolute Gasteiger partial charge is 0.309 e. The molecule has 3 rings (SSSR count). The van der Waals surface area contributed by atoms with Crippen LogP contribution in [0.4, 0.5) is 17.6 Å². The summed E-state index contributed by atoms with van der Waals surface area (Å²) in [5.74, 6) is -1.74. The van der Waals surface area contributed by atoms with Crippen LogP contribution < -0.4 is 0 Å². The molecule has 0 radical (unpaired) electrons. The van der Waals surface area contributed by atoms with E-state index >= 15 is 0 Å². The standard InChI is InChI=1S/C21H24F4N2O2S2/c1-4-31(28,29)27(12-14-9-10-18(22)17(11-14)21(23,24)25)20-16(13-26(2)3)15-7-5-6-8-19(15)30-20/h5-11,16,20H,4,12-13H2,1-3H3. The van der Waals surface area contributed by atoms with Gasteiger partial charge in [0.05, 0.1) is 16.7 Å². The van der Waals surface area contributed by atoms with Crippen molar-refractivity contribution in [2.45, 2.75) is 35.8 Å². The minimum Gasteiger partial charge on any atom is -0.309 e. The van der Waals surface area contributed by atoms with Crippen LogP contribution in [0.3, 0.4) is 0 Å². The van der Waals surface area contributed by atoms with E-state index in [1.807, 2.05) is 43.3 Å². The van der Waals surface area contributed by atoms with E-state index in [0.717, 1.165) is 16.5 Å². The number of benzene rings is 2. The molecule has 2 atom stereocenters. The molecule has 0 spiro atoms. The number of hydrogen-bond donors (Lipinski definition) is 0. The number of fused-ring (bicyclic) bond motifs is 1. The number of thioether (sulfide) groups is 1. The topological polar surface area (TPSA) is 40.6 Å². The number of halogens is 4. The van der Waals surface area contributed by atoms with Gasteiger partial charge in [-0.05, 0) is 50.3 Å². The summed E-state index contributed by atoms with van der Waals surface area (Å²) in [7, 11) is 0.00382. The number of sulfonamides is 1. The Hall–Kier alpha value is -1.62. The lowest BCUT2D eigenvalue weighted by Crippen LogP contribution is -2.42.